The number of hydrogen-bond acceptors (Lipinski definition) is 0. The average Bonchev–Trinajstić information content (AvgIpc) is 1.00. The standard InChI is InChI=1S/Ca.Li.Mg.Nb.Ni.Ta.W.Zn.5H. The van der Waals surface area contributed by atoms with Gasteiger partial charge in [-0.1, -0.05) is 0 Å². The molecule has 0 aliphatic rings. The first-order valence-corrected chi connectivity index (χ1v) is 12.2. The van der Waals surface area contributed by atoms with Crippen LogP contribution < -0.4 is 0 Å². The molecule has 0 aromatic heterocycles. The van der Waals surface area contributed by atoms with Gasteiger partial charge in [0.05, 0.1) is 0 Å². The average molecular weight is 658 g/mol. The molecule has 0 spiro atoms. The van der Waals surface area contributed by atoms with Gasteiger partial charge in [-0.3, -0.25) is 0 Å². The van der Waals surface area contributed by atoms with Crippen molar-refractivity contribution in [1.29, 1.82) is 0 Å². The second-order valence-electron chi connectivity index (χ2n) is 0. The molecule has 1 radical (unpaired) electrons. The Morgan fingerprint density at radius 2 is 1.12 bits per heavy atom. The molecule has 0 heterocycles. The van der Waals surface area contributed by atoms with Crippen molar-refractivity contribution < 1.29 is 92.8 Å². The van der Waals surface area contributed by atoms with Crippen molar-refractivity contribution in [2.45, 2.75) is 0 Å². The van der Waals surface area contributed by atoms with Crippen LogP contribution in [-0.2, 0) is 92.8 Å². The van der Waals surface area contributed by atoms with Gasteiger partial charge in [0, 0.05) is 58.3 Å². The minimum Gasteiger partial charge on any atom is 0 e. The van der Waals surface area contributed by atoms with Crippen molar-refractivity contribution in [3.05, 3.63) is 0 Å². The van der Waals surface area contributed by atoms with Crippen LogP contribution in [0.2, 0.25) is 0 Å². The maximum absolute atomic E-state index is 1.69. The molecule has 0 aliphatic carbocycles. The summed E-state index contributed by atoms with van der Waals surface area (Å²) in [6.07, 6.45) is 0. The van der Waals surface area contributed by atoms with Crippen LogP contribution in [0.3, 0.4) is 0 Å². The van der Waals surface area contributed by atoms with Crippen molar-refractivity contribution in [1.82, 2.24) is 0 Å². The van der Waals surface area contributed by atoms with Crippen molar-refractivity contribution >= 4 is 79.7 Å². The van der Waals surface area contributed by atoms with E-state index in [4.69, 9.17) is 0 Å². The SMILES string of the molecule is [CaH2].[LiH].[MgH2].[Nb].[Ni].[Ta][W].[Zn]. The van der Waals surface area contributed by atoms with Crippen molar-refractivity contribution in [3.63, 3.8) is 0 Å². The largest absolute Gasteiger partial charge is 0 e. The Hall–Kier alpha value is 5.91. The van der Waals surface area contributed by atoms with Crippen molar-refractivity contribution in [2.24, 2.45) is 0 Å². The van der Waals surface area contributed by atoms with Gasteiger partial charge in [0.15, 0.2) is 0 Å². The van der Waals surface area contributed by atoms with Gasteiger partial charge in [-0.2, -0.15) is 0 Å². The van der Waals surface area contributed by atoms with Gasteiger partial charge in [0.1, 0.15) is 0 Å². The molecule has 0 atom stereocenters. The summed E-state index contributed by atoms with van der Waals surface area (Å²) in [5.41, 5.74) is 0. The molecule has 0 rings (SSSR count). The summed E-state index contributed by atoms with van der Waals surface area (Å²) in [5.74, 6) is 0. The predicted octanol–water partition coefficient (Wildman–Crippen LogP) is -2.49. The second-order valence-corrected chi connectivity index (χ2v) is 0. The third-order valence-electron chi connectivity index (χ3n) is 0. The predicted molar refractivity (Wildman–Crippen MR) is 24.2 cm³/mol. The van der Waals surface area contributed by atoms with Crippen LogP contribution in [0.4, 0.5) is 0 Å². The molecule has 38 valence electrons. The van der Waals surface area contributed by atoms with Crippen LogP contribution >= 0.6 is 0 Å². The van der Waals surface area contributed by atoms with Gasteiger partial charge in [0.2, 0.25) is 0 Å². The molecule has 0 aromatic rings. The Balaban J connectivity index is -0.000000000333. The minimum absolute atomic E-state index is 0. The molecule has 0 aliphatic heterocycles. The Morgan fingerprint density at radius 1 is 1.12 bits per heavy atom. The van der Waals surface area contributed by atoms with E-state index < -0.39 is 0 Å². The summed E-state index contributed by atoms with van der Waals surface area (Å²) in [5, 5.41) is 0. The summed E-state index contributed by atoms with van der Waals surface area (Å²) in [6.45, 7) is 0. The molecule has 0 saturated carbocycles. The first kappa shape index (κ1) is 48.6. The van der Waals surface area contributed by atoms with Crippen molar-refractivity contribution in [2.75, 3.05) is 0 Å². The van der Waals surface area contributed by atoms with E-state index in [1.54, 1.807) is 16.5 Å². The molecule has 0 N–H and O–H groups in total. The summed E-state index contributed by atoms with van der Waals surface area (Å²) >= 11 is 3.22. The minimum atomic E-state index is 0. The first-order valence-electron chi connectivity index (χ1n) is 0.183. The van der Waals surface area contributed by atoms with Crippen LogP contribution in [0.15, 0.2) is 0 Å². The molecule has 8 heavy (non-hydrogen) atoms. The first-order chi connectivity index (χ1) is 1.00. The van der Waals surface area contributed by atoms with E-state index >= 15 is 0 Å². The van der Waals surface area contributed by atoms with Crippen LogP contribution in [0.5, 0.6) is 0 Å². The van der Waals surface area contributed by atoms with E-state index in [0.717, 1.165) is 0 Å². The summed E-state index contributed by atoms with van der Waals surface area (Å²) < 4.78 is 0. The van der Waals surface area contributed by atoms with E-state index in [-0.39, 0.29) is 138 Å². The van der Waals surface area contributed by atoms with Crippen LogP contribution in [-0.4, -0.2) is 79.7 Å². The topological polar surface area (TPSA) is 0 Å². The van der Waals surface area contributed by atoms with Crippen LogP contribution in [0, 0.1) is 0 Å². The molecule has 0 fully saturated rings. The van der Waals surface area contributed by atoms with Gasteiger partial charge >= 0.3 is 114 Å². The summed E-state index contributed by atoms with van der Waals surface area (Å²) in [4.78, 5) is 0. The Morgan fingerprint density at radius 3 is 1.12 bits per heavy atom. The van der Waals surface area contributed by atoms with Gasteiger partial charge in [-0.15, -0.1) is 0 Å². The van der Waals surface area contributed by atoms with Gasteiger partial charge in [0.25, 0.3) is 0 Å². The zero-order valence-electron chi connectivity index (χ0n) is 2.33. The molecular weight excluding hydrogens is 653 g/mol. The second kappa shape index (κ2) is 52.4. The maximum Gasteiger partial charge on any atom is 0 e. The van der Waals surface area contributed by atoms with Crippen molar-refractivity contribution in [3.8, 4) is 0 Å². The van der Waals surface area contributed by atoms with E-state index in [2.05, 4.69) is 0 Å². The molecule has 8 heteroatoms. The number of rotatable bonds is 0. The Kier molecular flexibility index (Phi) is 318. The normalized spacial score (nSPS) is 0.500. The summed E-state index contributed by atoms with van der Waals surface area (Å²) in [6, 6.07) is 0. The van der Waals surface area contributed by atoms with Gasteiger partial charge < -0.3 is 0 Å². The molecule has 0 nitrogen and oxygen atoms in total. The van der Waals surface area contributed by atoms with E-state index in [1.807, 2.05) is 0 Å². The monoisotopic (exact) mass is 656 g/mol. The molecule has 0 aromatic carbocycles. The third kappa shape index (κ3) is 40.6. The quantitative estimate of drug-likeness (QED) is 0.253. The van der Waals surface area contributed by atoms with Gasteiger partial charge in [-0.05, 0) is 0 Å². The molecule has 0 unspecified atom stereocenters. The van der Waals surface area contributed by atoms with Gasteiger partial charge in [-0.25, -0.2) is 0 Å². The molecule has 0 bridgehead atoms. The van der Waals surface area contributed by atoms with E-state index in [9.17, 15) is 0 Å². The van der Waals surface area contributed by atoms with E-state index in [0.29, 0.717) is 0 Å². The Bertz CT molecular complexity index is 24.0. The Labute approximate surface area is 168 Å². The zero-order chi connectivity index (χ0) is 2.00. The fraction of sp³-hybridized carbons (Fsp3) is 0. The number of hydrogen-bond donors (Lipinski definition) is 0. The zero-order valence-corrected chi connectivity index (χ0v) is 14.6. The fourth-order valence-electron chi connectivity index (χ4n) is 0. The molecular formula is H5CaLiMgNbNiTaWZn. The molecule has 0 amide bonds. The van der Waals surface area contributed by atoms with Crippen LogP contribution in [0.1, 0.15) is 0 Å². The summed E-state index contributed by atoms with van der Waals surface area (Å²) in [7, 11) is 0. The maximum atomic E-state index is 1.69. The third-order valence-corrected chi connectivity index (χ3v) is 0. The fourth-order valence-corrected chi connectivity index (χ4v) is 0. The molecule has 0 saturated heterocycles. The smallest absolute Gasteiger partial charge is 0 e. The van der Waals surface area contributed by atoms with Crippen LogP contribution in [0.25, 0.3) is 0 Å². The van der Waals surface area contributed by atoms with E-state index in [1.165, 1.54) is 18.0 Å².